The van der Waals surface area contributed by atoms with Crippen molar-refractivity contribution in [1.29, 1.82) is 0 Å². The number of piperidine rings is 1. The number of carbonyl (C=O) groups excluding carboxylic acids is 2. The highest BCUT2D eigenvalue weighted by Crippen LogP contribution is 2.48. The molecule has 1 saturated heterocycles. The summed E-state index contributed by atoms with van der Waals surface area (Å²) < 4.78 is 10.4. The molecule has 1 heterocycles. The minimum absolute atomic E-state index is 0.0479. The summed E-state index contributed by atoms with van der Waals surface area (Å²) in [5.74, 6) is 0.450. The number of ether oxygens (including phenoxy) is 2. The van der Waals surface area contributed by atoms with Crippen molar-refractivity contribution >= 4 is 12.1 Å². The molecule has 2 rings (SSSR count). The highest BCUT2D eigenvalue weighted by molar-refractivity contribution is 5.77. The Balaban J connectivity index is 1.82. The lowest BCUT2D eigenvalue weighted by molar-refractivity contribution is -0.160. The van der Waals surface area contributed by atoms with Gasteiger partial charge in [-0.1, -0.05) is 6.42 Å². The summed E-state index contributed by atoms with van der Waals surface area (Å²) in [4.78, 5) is 25.9. The van der Waals surface area contributed by atoms with Gasteiger partial charge >= 0.3 is 12.1 Å². The van der Waals surface area contributed by atoms with Crippen LogP contribution in [0.1, 0.15) is 59.3 Å². The largest absolute Gasteiger partial charge is 0.469 e. The number of carbonyl (C=O) groups is 2. The van der Waals surface area contributed by atoms with Gasteiger partial charge in [-0.2, -0.15) is 0 Å². The van der Waals surface area contributed by atoms with E-state index in [1.165, 1.54) is 7.11 Å². The van der Waals surface area contributed by atoms with Crippen LogP contribution < -0.4 is 0 Å². The van der Waals surface area contributed by atoms with Gasteiger partial charge in [0.15, 0.2) is 0 Å². The molecule has 2 fully saturated rings. The van der Waals surface area contributed by atoms with Crippen LogP contribution >= 0.6 is 0 Å². The average molecular weight is 311 g/mol. The van der Waals surface area contributed by atoms with Gasteiger partial charge in [-0.25, -0.2) is 4.79 Å². The minimum atomic E-state index is -0.450. The summed E-state index contributed by atoms with van der Waals surface area (Å²) in [5, 5.41) is 0. The van der Waals surface area contributed by atoms with Gasteiger partial charge < -0.3 is 14.4 Å². The number of hydrogen-bond acceptors (Lipinski definition) is 4. The van der Waals surface area contributed by atoms with Crippen LogP contribution in [0, 0.1) is 11.3 Å². The molecule has 2 aliphatic rings. The molecule has 1 saturated carbocycles. The Morgan fingerprint density at radius 1 is 1.18 bits per heavy atom. The zero-order chi connectivity index (χ0) is 16.4. The van der Waals surface area contributed by atoms with E-state index in [-0.39, 0.29) is 17.5 Å². The molecule has 0 spiro atoms. The summed E-state index contributed by atoms with van der Waals surface area (Å²) in [6, 6.07) is 0. The Morgan fingerprint density at radius 2 is 1.77 bits per heavy atom. The SMILES string of the molecule is COC(=O)C1(CC2CCN(C(=O)OC(C)(C)C)CC2)CCC1. The maximum atomic E-state index is 12.1. The Hall–Kier alpha value is -1.26. The van der Waals surface area contributed by atoms with E-state index in [0.29, 0.717) is 5.92 Å². The van der Waals surface area contributed by atoms with Crippen LogP contribution in [-0.4, -0.2) is 42.8 Å². The van der Waals surface area contributed by atoms with Crippen molar-refractivity contribution in [1.82, 2.24) is 4.90 Å². The molecule has 0 atom stereocenters. The summed E-state index contributed by atoms with van der Waals surface area (Å²) in [6.45, 7) is 7.09. The molecule has 126 valence electrons. The quantitative estimate of drug-likeness (QED) is 0.750. The number of nitrogens with zero attached hydrogens (tertiary/aromatic N) is 1. The lowest BCUT2D eigenvalue weighted by Crippen LogP contribution is -2.45. The van der Waals surface area contributed by atoms with E-state index in [9.17, 15) is 9.59 Å². The fourth-order valence-electron chi connectivity index (χ4n) is 3.51. The average Bonchev–Trinajstić information content (AvgIpc) is 2.40. The topological polar surface area (TPSA) is 55.8 Å². The van der Waals surface area contributed by atoms with Crippen LogP contribution in [0.3, 0.4) is 0 Å². The van der Waals surface area contributed by atoms with E-state index < -0.39 is 5.60 Å². The first kappa shape index (κ1) is 17.1. The van der Waals surface area contributed by atoms with Gasteiger partial charge in [0, 0.05) is 13.1 Å². The van der Waals surface area contributed by atoms with Crippen LogP contribution in [0.15, 0.2) is 0 Å². The molecule has 0 aromatic heterocycles. The van der Waals surface area contributed by atoms with Crippen molar-refractivity contribution in [2.45, 2.75) is 64.9 Å². The zero-order valence-electron chi connectivity index (χ0n) is 14.3. The van der Waals surface area contributed by atoms with Gasteiger partial charge in [0.05, 0.1) is 12.5 Å². The summed E-state index contributed by atoms with van der Waals surface area (Å²) in [5.41, 5.74) is -0.692. The molecule has 1 aliphatic carbocycles. The fraction of sp³-hybridized carbons (Fsp3) is 0.882. The Bertz CT molecular complexity index is 415. The van der Waals surface area contributed by atoms with Crippen molar-refractivity contribution in [2.75, 3.05) is 20.2 Å². The second-order valence-electron chi connectivity index (χ2n) is 7.74. The van der Waals surface area contributed by atoms with Crippen LogP contribution in [0.5, 0.6) is 0 Å². The van der Waals surface area contributed by atoms with E-state index in [1.807, 2.05) is 20.8 Å². The summed E-state index contributed by atoms with van der Waals surface area (Å²) in [7, 11) is 1.48. The number of methoxy groups -OCH3 is 1. The highest BCUT2D eigenvalue weighted by atomic mass is 16.6. The molecule has 1 aliphatic heterocycles. The second kappa shape index (κ2) is 6.47. The van der Waals surface area contributed by atoms with Gasteiger partial charge in [0.2, 0.25) is 0 Å². The third-order valence-electron chi connectivity index (χ3n) is 4.87. The fourth-order valence-corrected chi connectivity index (χ4v) is 3.51. The van der Waals surface area contributed by atoms with Crippen LogP contribution in [0.2, 0.25) is 0 Å². The monoisotopic (exact) mass is 311 g/mol. The van der Waals surface area contributed by atoms with Crippen LogP contribution in [-0.2, 0) is 14.3 Å². The predicted octanol–water partition coefficient (Wildman–Crippen LogP) is 3.37. The number of rotatable bonds is 3. The van der Waals surface area contributed by atoms with Crippen LogP contribution in [0.25, 0.3) is 0 Å². The van der Waals surface area contributed by atoms with Crippen molar-refractivity contribution in [3.05, 3.63) is 0 Å². The minimum Gasteiger partial charge on any atom is -0.469 e. The number of likely N-dealkylation sites (tertiary alicyclic amines) is 1. The first-order chi connectivity index (χ1) is 10.3. The second-order valence-corrected chi connectivity index (χ2v) is 7.74. The number of esters is 1. The lowest BCUT2D eigenvalue weighted by Gasteiger charge is -2.43. The molecular weight excluding hydrogens is 282 g/mol. The number of amides is 1. The maximum Gasteiger partial charge on any atom is 0.410 e. The van der Waals surface area contributed by atoms with E-state index >= 15 is 0 Å². The molecule has 0 N–H and O–H groups in total. The van der Waals surface area contributed by atoms with Crippen molar-refractivity contribution in [3.8, 4) is 0 Å². The van der Waals surface area contributed by atoms with E-state index in [2.05, 4.69) is 0 Å². The van der Waals surface area contributed by atoms with Gasteiger partial charge in [-0.05, 0) is 58.8 Å². The normalized spacial score (nSPS) is 21.9. The Labute approximate surface area is 133 Å². The Kier molecular flexibility index (Phi) is 5.03. The molecular formula is C17H29NO4. The summed E-state index contributed by atoms with van der Waals surface area (Å²) >= 11 is 0. The predicted molar refractivity (Wildman–Crippen MR) is 83.4 cm³/mol. The highest BCUT2D eigenvalue weighted by Gasteiger charge is 2.46. The van der Waals surface area contributed by atoms with Gasteiger partial charge in [-0.3, -0.25) is 4.79 Å². The molecule has 0 aromatic carbocycles. The Morgan fingerprint density at radius 3 is 2.18 bits per heavy atom. The standard InChI is InChI=1S/C17H29NO4/c1-16(2,3)22-15(20)18-10-6-13(7-11-18)12-17(8-5-9-17)14(19)21-4/h13H,5-12H2,1-4H3. The molecule has 0 bridgehead atoms. The summed E-state index contributed by atoms with van der Waals surface area (Å²) in [6.07, 6.45) is 5.58. The molecule has 5 heteroatoms. The van der Waals surface area contributed by atoms with E-state index in [1.54, 1.807) is 4.90 Å². The van der Waals surface area contributed by atoms with Gasteiger partial charge in [-0.15, -0.1) is 0 Å². The van der Waals surface area contributed by atoms with Crippen molar-refractivity contribution in [3.63, 3.8) is 0 Å². The molecule has 5 nitrogen and oxygen atoms in total. The van der Waals surface area contributed by atoms with E-state index in [4.69, 9.17) is 9.47 Å². The van der Waals surface area contributed by atoms with Gasteiger partial charge in [0.25, 0.3) is 0 Å². The van der Waals surface area contributed by atoms with E-state index in [0.717, 1.165) is 51.6 Å². The lowest BCUT2D eigenvalue weighted by atomic mass is 9.63. The van der Waals surface area contributed by atoms with Crippen LogP contribution in [0.4, 0.5) is 4.79 Å². The molecule has 0 aromatic rings. The molecule has 1 amide bonds. The molecule has 0 radical (unpaired) electrons. The number of hydrogen-bond donors (Lipinski definition) is 0. The van der Waals surface area contributed by atoms with Crippen molar-refractivity contribution < 1.29 is 19.1 Å². The third-order valence-corrected chi connectivity index (χ3v) is 4.87. The van der Waals surface area contributed by atoms with Crippen molar-refractivity contribution in [2.24, 2.45) is 11.3 Å². The maximum absolute atomic E-state index is 12.1. The zero-order valence-corrected chi connectivity index (χ0v) is 14.3. The first-order valence-electron chi connectivity index (χ1n) is 8.32. The molecule has 0 unspecified atom stereocenters. The molecule has 22 heavy (non-hydrogen) atoms. The third kappa shape index (κ3) is 3.93. The smallest absolute Gasteiger partial charge is 0.410 e. The van der Waals surface area contributed by atoms with Gasteiger partial charge in [0.1, 0.15) is 5.60 Å². The first-order valence-corrected chi connectivity index (χ1v) is 8.32.